The number of ether oxygens (including phenoxy) is 1. The Morgan fingerprint density at radius 2 is 2.15 bits per heavy atom. The molecule has 10 heteroatoms. The topological polar surface area (TPSA) is 83.6 Å². The molecule has 138 valence electrons. The van der Waals surface area contributed by atoms with Gasteiger partial charge in [0.2, 0.25) is 5.91 Å². The van der Waals surface area contributed by atoms with Gasteiger partial charge in [0.1, 0.15) is 11.6 Å². The smallest absolute Gasteiger partial charge is 0.413 e. The molecule has 0 radical (unpaired) electrons. The molecule has 0 fully saturated rings. The molecule has 7 nitrogen and oxygen atoms in total. The Balaban J connectivity index is 1.58. The monoisotopic (exact) mass is 382 g/mol. The van der Waals surface area contributed by atoms with Crippen LogP contribution in [0.4, 0.5) is 24.4 Å². The molecule has 2 heterocycles. The van der Waals surface area contributed by atoms with Crippen LogP contribution in [0.25, 0.3) is 0 Å². The number of nitrogens with zero attached hydrogens (tertiary/aromatic N) is 2. The molecular formula is C16H16F2N4O3S. The number of thiazole rings is 1. The van der Waals surface area contributed by atoms with E-state index in [2.05, 4.69) is 20.4 Å². The van der Waals surface area contributed by atoms with E-state index >= 15 is 0 Å². The van der Waals surface area contributed by atoms with Crippen LogP contribution in [-0.4, -0.2) is 42.1 Å². The zero-order valence-electron chi connectivity index (χ0n) is 13.8. The van der Waals surface area contributed by atoms with Crippen molar-refractivity contribution in [3.05, 3.63) is 40.4 Å². The van der Waals surface area contributed by atoms with E-state index in [-0.39, 0.29) is 12.2 Å². The number of aromatic nitrogens is 1. The van der Waals surface area contributed by atoms with Gasteiger partial charge in [-0.15, -0.1) is 0 Å². The first-order chi connectivity index (χ1) is 12.4. The summed E-state index contributed by atoms with van der Waals surface area (Å²) in [7, 11) is 1.27. The van der Waals surface area contributed by atoms with E-state index in [0.717, 1.165) is 22.7 Å². The van der Waals surface area contributed by atoms with Crippen LogP contribution in [0.3, 0.4) is 0 Å². The molecule has 0 atom stereocenters. The number of anilines is 2. The van der Waals surface area contributed by atoms with Gasteiger partial charge in [0.15, 0.2) is 5.13 Å². The number of rotatable bonds is 4. The number of hydrogen-bond acceptors (Lipinski definition) is 6. The number of methoxy groups -OCH3 is 1. The van der Waals surface area contributed by atoms with Crippen molar-refractivity contribution < 1.29 is 23.1 Å². The van der Waals surface area contributed by atoms with Gasteiger partial charge < -0.3 is 10.1 Å². The number of fused-ring (bicyclic) bond motifs is 1. The Kier molecular flexibility index (Phi) is 5.43. The second-order valence-electron chi connectivity index (χ2n) is 5.64. The van der Waals surface area contributed by atoms with Crippen molar-refractivity contribution in [2.45, 2.75) is 13.0 Å². The first kappa shape index (κ1) is 18.2. The van der Waals surface area contributed by atoms with Crippen LogP contribution in [0.1, 0.15) is 10.6 Å². The second kappa shape index (κ2) is 7.75. The molecule has 0 bridgehead atoms. The van der Waals surface area contributed by atoms with Crippen LogP contribution in [0.5, 0.6) is 0 Å². The average Bonchev–Trinajstić information content (AvgIpc) is 2.98. The van der Waals surface area contributed by atoms with Crippen LogP contribution in [0.2, 0.25) is 0 Å². The minimum atomic E-state index is -0.819. The van der Waals surface area contributed by atoms with E-state index in [4.69, 9.17) is 0 Å². The molecule has 2 amide bonds. The number of benzene rings is 1. The van der Waals surface area contributed by atoms with E-state index in [1.165, 1.54) is 24.5 Å². The molecule has 0 unspecified atom stereocenters. The van der Waals surface area contributed by atoms with E-state index in [9.17, 15) is 18.4 Å². The molecule has 1 aliphatic heterocycles. The quantitative estimate of drug-likeness (QED) is 0.849. The molecule has 1 aromatic carbocycles. The molecule has 26 heavy (non-hydrogen) atoms. The summed E-state index contributed by atoms with van der Waals surface area (Å²) in [5.74, 6) is -1.91. The highest BCUT2D eigenvalue weighted by molar-refractivity contribution is 7.15. The van der Waals surface area contributed by atoms with Crippen LogP contribution in [0, 0.1) is 11.6 Å². The standard InChI is InChI=1S/C16H16F2N4O3S/c1-25-16(24)21-15-20-12-4-5-22(7-13(12)26-15)8-14(23)19-11-3-2-9(17)6-10(11)18/h2-3,6H,4-5,7-8H2,1H3,(H,19,23)(H,20,21,24). The summed E-state index contributed by atoms with van der Waals surface area (Å²) in [6, 6.07) is 2.99. The van der Waals surface area contributed by atoms with E-state index < -0.39 is 23.6 Å². The highest BCUT2D eigenvalue weighted by Crippen LogP contribution is 2.28. The summed E-state index contributed by atoms with van der Waals surface area (Å²) in [5, 5.41) is 5.41. The molecule has 1 aromatic heterocycles. The fourth-order valence-electron chi connectivity index (χ4n) is 2.56. The van der Waals surface area contributed by atoms with E-state index in [1.807, 2.05) is 4.90 Å². The zero-order valence-corrected chi connectivity index (χ0v) is 14.7. The summed E-state index contributed by atoms with van der Waals surface area (Å²) in [4.78, 5) is 30.5. The van der Waals surface area contributed by atoms with Crippen molar-refractivity contribution in [1.29, 1.82) is 0 Å². The highest BCUT2D eigenvalue weighted by Gasteiger charge is 2.23. The first-order valence-corrected chi connectivity index (χ1v) is 8.57. The number of nitrogens with one attached hydrogen (secondary N) is 2. The van der Waals surface area contributed by atoms with Gasteiger partial charge >= 0.3 is 6.09 Å². The highest BCUT2D eigenvalue weighted by atomic mass is 32.1. The van der Waals surface area contributed by atoms with Crippen LogP contribution in [0.15, 0.2) is 18.2 Å². The Labute approximate surface area is 152 Å². The van der Waals surface area contributed by atoms with Crippen molar-refractivity contribution in [2.75, 3.05) is 30.8 Å². The van der Waals surface area contributed by atoms with Crippen molar-refractivity contribution in [1.82, 2.24) is 9.88 Å². The predicted octanol–water partition coefficient (Wildman–Crippen LogP) is 2.60. The Hall–Kier alpha value is -2.59. The van der Waals surface area contributed by atoms with Gasteiger partial charge in [-0.3, -0.25) is 15.0 Å². The Bertz CT molecular complexity index is 843. The minimum Gasteiger partial charge on any atom is -0.453 e. The van der Waals surface area contributed by atoms with Gasteiger partial charge in [-0.25, -0.2) is 18.6 Å². The van der Waals surface area contributed by atoms with Gasteiger partial charge in [-0.05, 0) is 12.1 Å². The normalized spacial score (nSPS) is 13.8. The summed E-state index contributed by atoms with van der Waals surface area (Å²) >= 11 is 1.32. The average molecular weight is 382 g/mol. The molecule has 0 aliphatic carbocycles. The number of halogens is 2. The van der Waals surface area contributed by atoms with Gasteiger partial charge in [-0.2, -0.15) is 0 Å². The molecule has 0 saturated carbocycles. The molecule has 0 spiro atoms. The lowest BCUT2D eigenvalue weighted by Crippen LogP contribution is -2.36. The second-order valence-corrected chi connectivity index (χ2v) is 6.72. The van der Waals surface area contributed by atoms with E-state index in [1.54, 1.807) is 0 Å². The predicted molar refractivity (Wildman–Crippen MR) is 92.1 cm³/mol. The van der Waals surface area contributed by atoms with Crippen molar-refractivity contribution in [3.63, 3.8) is 0 Å². The number of carbonyl (C=O) groups excluding carboxylic acids is 2. The zero-order chi connectivity index (χ0) is 18.7. The van der Waals surface area contributed by atoms with Gasteiger partial charge in [0.25, 0.3) is 0 Å². The maximum atomic E-state index is 13.6. The third kappa shape index (κ3) is 4.33. The van der Waals surface area contributed by atoms with Gasteiger partial charge in [0, 0.05) is 30.5 Å². The number of carbonyl (C=O) groups is 2. The SMILES string of the molecule is COC(=O)Nc1nc2c(s1)CN(CC(=O)Nc1ccc(F)cc1F)CC2. The fourth-order valence-corrected chi connectivity index (χ4v) is 3.60. The van der Waals surface area contributed by atoms with Crippen molar-refractivity contribution in [3.8, 4) is 0 Å². The van der Waals surface area contributed by atoms with Crippen LogP contribution >= 0.6 is 11.3 Å². The lowest BCUT2D eigenvalue weighted by atomic mass is 10.2. The first-order valence-electron chi connectivity index (χ1n) is 7.75. The van der Waals surface area contributed by atoms with Crippen LogP contribution in [-0.2, 0) is 22.5 Å². The molecule has 1 aliphatic rings. The summed E-state index contributed by atoms with van der Waals surface area (Å²) in [6.45, 7) is 1.16. The Morgan fingerprint density at radius 1 is 1.35 bits per heavy atom. The molecular weight excluding hydrogens is 366 g/mol. The maximum absolute atomic E-state index is 13.6. The molecule has 0 saturated heterocycles. The summed E-state index contributed by atoms with van der Waals surface area (Å²) in [6.07, 6.45) is 0.0426. The lowest BCUT2D eigenvalue weighted by Gasteiger charge is -2.25. The summed E-state index contributed by atoms with van der Waals surface area (Å²) in [5.41, 5.74) is 0.819. The lowest BCUT2D eigenvalue weighted by molar-refractivity contribution is -0.117. The maximum Gasteiger partial charge on any atom is 0.413 e. The third-order valence-corrected chi connectivity index (χ3v) is 4.77. The molecule has 3 rings (SSSR count). The molecule has 2 N–H and O–H groups in total. The fraction of sp³-hybridized carbons (Fsp3) is 0.312. The van der Waals surface area contributed by atoms with Gasteiger partial charge in [0.05, 0.1) is 25.0 Å². The molecule has 2 aromatic rings. The number of amides is 2. The van der Waals surface area contributed by atoms with Crippen molar-refractivity contribution in [2.24, 2.45) is 0 Å². The van der Waals surface area contributed by atoms with Gasteiger partial charge in [-0.1, -0.05) is 11.3 Å². The van der Waals surface area contributed by atoms with Crippen molar-refractivity contribution >= 4 is 34.2 Å². The minimum absolute atomic E-state index is 0.0588. The number of hydrogen-bond donors (Lipinski definition) is 2. The van der Waals surface area contributed by atoms with Crippen LogP contribution < -0.4 is 10.6 Å². The Morgan fingerprint density at radius 3 is 2.88 bits per heavy atom. The summed E-state index contributed by atoms with van der Waals surface area (Å²) < 4.78 is 31.0. The van der Waals surface area contributed by atoms with E-state index in [0.29, 0.717) is 24.6 Å². The largest absolute Gasteiger partial charge is 0.453 e. The third-order valence-electron chi connectivity index (χ3n) is 3.78.